The Labute approximate surface area is 571 Å². The molecule has 0 fully saturated rings. The second-order valence-electron chi connectivity index (χ2n) is 27.1. The predicted octanol–water partition coefficient (Wildman–Crippen LogP) is 22.3. The SMILES string of the molecule is CC=CC1(C)C(=CC=CC2=[N+](C)c3ccc4ccc(Br)cc4c3C2(C)Cc2ccccc2)N(Cc2ccc(CN3C(=CC=CC4=[N+](C)c5ccc6ccc(Br)cc6c5C4(C)Cc4ccccc4)C(C)(C=CC)c4c3ccc3ccccc43)cc2)c2ccc3ccccc3c21. The highest BCUT2D eigenvalue weighted by molar-refractivity contribution is 9.10. The zero-order valence-electron chi connectivity index (χ0n) is 54.9. The fraction of sp³-hybridized carbons (Fsp3) is 0.182. The van der Waals surface area contributed by atoms with E-state index < -0.39 is 10.8 Å². The molecule has 4 heterocycles. The Morgan fingerprint density at radius 1 is 0.383 bits per heavy atom. The van der Waals surface area contributed by atoms with Crippen molar-refractivity contribution in [1.29, 1.82) is 0 Å². The van der Waals surface area contributed by atoms with Crippen LogP contribution in [-0.2, 0) is 47.6 Å². The smallest absolute Gasteiger partial charge is 0.210 e. The average molecular weight is 1350 g/mol. The van der Waals surface area contributed by atoms with Crippen molar-refractivity contribution in [3.8, 4) is 0 Å². The maximum Gasteiger partial charge on any atom is 0.210 e. The number of fused-ring (bicyclic) bond motifs is 12. The molecule has 6 heteroatoms. The molecule has 11 aromatic rings. The molecule has 4 atom stereocenters. The van der Waals surface area contributed by atoms with Crippen LogP contribution in [0.2, 0.25) is 0 Å². The summed E-state index contributed by atoms with van der Waals surface area (Å²) in [5.41, 5.74) is 19.1. The first-order valence-corrected chi connectivity index (χ1v) is 34.7. The van der Waals surface area contributed by atoms with Gasteiger partial charge in [-0.15, -0.1) is 0 Å². The molecule has 0 saturated heterocycles. The Hall–Kier alpha value is -9.20. The first kappa shape index (κ1) is 61.0. The number of hydrogen-bond acceptors (Lipinski definition) is 2. The van der Waals surface area contributed by atoms with E-state index in [1.807, 2.05) is 0 Å². The van der Waals surface area contributed by atoms with Crippen LogP contribution in [0.4, 0.5) is 22.7 Å². The van der Waals surface area contributed by atoms with E-state index in [2.05, 4.69) is 386 Å². The molecule has 0 amide bonds. The van der Waals surface area contributed by atoms with E-state index in [1.54, 1.807) is 0 Å². The monoisotopic (exact) mass is 1350 g/mol. The van der Waals surface area contributed by atoms with Gasteiger partial charge in [0, 0.05) is 80.2 Å². The molecule has 462 valence electrons. The van der Waals surface area contributed by atoms with Gasteiger partial charge in [-0.3, -0.25) is 0 Å². The van der Waals surface area contributed by atoms with E-state index in [0.29, 0.717) is 13.1 Å². The van der Waals surface area contributed by atoms with Gasteiger partial charge in [-0.2, -0.15) is 9.15 Å². The summed E-state index contributed by atoms with van der Waals surface area (Å²) in [6, 6.07) is 81.3. The van der Waals surface area contributed by atoms with Gasteiger partial charge in [-0.25, -0.2) is 0 Å². The largest absolute Gasteiger partial charge is 0.339 e. The maximum absolute atomic E-state index is 3.85. The van der Waals surface area contributed by atoms with Crippen LogP contribution in [0.25, 0.3) is 43.1 Å². The summed E-state index contributed by atoms with van der Waals surface area (Å²) < 4.78 is 7.05. The van der Waals surface area contributed by atoms with E-state index in [1.165, 1.54) is 133 Å². The van der Waals surface area contributed by atoms with Crippen molar-refractivity contribution in [2.45, 2.75) is 89.1 Å². The highest BCUT2D eigenvalue weighted by atomic mass is 79.9. The van der Waals surface area contributed by atoms with Gasteiger partial charge in [0.05, 0.1) is 21.7 Å². The quantitative estimate of drug-likeness (QED) is 0.0795. The Kier molecular flexibility index (Phi) is 15.6. The lowest BCUT2D eigenvalue weighted by Gasteiger charge is -2.29. The Bertz CT molecular complexity index is 4840. The van der Waals surface area contributed by atoms with Gasteiger partial charge in [0.2, 0.25) is 11.4 Å². The van der Waals surface area contributed by atoms with Gasteiger partial charge in [0.15, 0.2) is 11.4 Å². The topological polar surface area (TPSA) is 12.5 Å². The summed E-state index contributed by atoms with van der Waals surface area (Å²) >= 11 is 7.70. The van der Waals surface area contributed by atoms with Crippen LogP contribution in [-0.4, -0.2) is 34.7 Å². The zero-order chi connectivity index (χ0) is 64.7. The lowest BCUT2D eigenvalue weighted by atomic mass is 9.73. The molecule has 4 unspecified atom stereocenters. The van der Waals surface area contributed by atoms with E-state index in [-0.39, 0.29) is 10.8 Å². The third-order valence-corrected chi connectivity index (χ3v) is 22.2. The third-order valence-electron chi connectivity index (χ3n) is 21.2. The standard InChI is InChI=1S/C88H78Br2N4/c1-9-51-85(3)79(33-21-31-77-87(5,55-59-23-13-11-14-24-59)83-71-53-67(89)45-39-65(71)41-47-73(83)91(77)7)93(75-49-43-63-27-17-19-29-69(63)81(75)85)57-61-35-37-62(38-36-61)58-94-76-50-44-64-28-18-20-30-70(64)82(76)86(4,52-10-2)80(94)34-22-32-78-88(6,56-60-25-15-12-16-26-60)84-72-54-68(90)46-40-66(72)42-48-74(84)92(78)8/h9-54H,55-58H2,1-8H3/q+2. The minimum absolute atomic E-state index is 0.314. The van der Waals surface area contributed by atoms with Crippen LogP contribution in [0.15, 0.2) is 299 Å². The van der Waals surface area contributed by atoms with E-state index >= 15 is 0 Å². The normalized spacial score (nSPS) is 21.8. The summed E-state index contributed by atoms with van der Waals surface area (Å²) in [5.74, 6) is 0. The molecular formula is C88H78Br2N4+2. The first-order chi connectivity index (χ1) is 45.6. The number of benzene rings is 11. The predicted molar refractivity (Wildman–Crippen MR) is 405 cm³/mol. The molecule has 4 nitrogen and oxygen atoms in total. The maximum atomic E-state index is 3.85. The lowest BCUT2D eigenvalue weighted by molar-refractivity contribution is -0.401. The number of rotatable bonds is 14. The second-order valence-corrected chi connectivity index (χ2v) is 28.9. The molecule has 0 saturated carbocycles. The molecule has 0 N–H and O–H groups in total. The van der Waals surface area contributed by atoms with Crippen LogP contribution < -0.4 is 9.80 Å². The summed E-state index contributed by atoms with van der Waals surface area (Å²) in [6.45, 7) is 15.5. The molecule has 0 spiro atoms. The number of anilines is 2. The third kappa shape index (κ3) is 10.0. The van der Waals surface area contributed by atoms with Crippen molar-refractivity contribution < 1.29 is 9.15 Å². The van der Waals surface area contributed by atoms with Crippen molar-refractivity contribution in [3.05, 3.63) is 344 Å². The summed E-state index contributed by atoms with van der Waals surface area (Å²) in [4.78, 5) is 5.18. The number of hydrogen-bond donors (Lipinski definition) is 0. The van der Waals surface area contributed by atoms with E-state index in [9.17, 15) is 0 Å². The van der Waals surface area contributed by atoms with Crippen molar-refractivity contribution >= 4 is 109 Å². The van der Waals surface area contributed by atoms with E-state index in [4.69, 9.17) is 0 Å². The molecule has 11 aromatic carbocycles. The van der Waals surface area contributed by atoms with Gasteiger partial charge < -0.3 is 9.80 Å². The Morgan fingerprint density at radius 3 is 1.15 bits per heavy atom. The van der Waals surface area contributed by atoms with Crippen LogP contribution in [0.5, 0.6) is 0 Å². The second kappa shape index (κ2) is 24.0. The van der Waals surface area contributed by atoms with Crippen LogP contribution in [0.1, 0.15) is 86.1 Å². The highest BCUT2D eigenvalue weighted by Crippen LogP contribution is 2.55. The molecular weight excluding hydrogens is 1270 g/mol. The van der Waals surface area contributed by atoms with Gasteiger partial charge in [-0.1, -0.05) is 226 Å². The lowest BCUT2D eigenvalue weighted by Crippen LogP contribution is -2.33. The van der Waals surface area contributed by atoms with Gasteiger partial charge in [-0.05, 0) is 192 Å². The van der Waals surface area contributed by atoms with Gasteiger partial charge in [0.25, 0.3) is 0 Å². The van der Waals surface area contributed by atoms with Crippen LogP contribution in [0, 0.1) is 0 Å². The number of allylic oxidation sites excluding steroid dienone is 10. The summed E-state index contributed by atoms with van der Waals surface area (Å²) in [6.07, 6.45) is 25.4. The van der Waals surface area contributed by atoms with Crippen molar-refractivity contribution in [2.24, 2.45) is 0 Å². The molecule has 4 aliphatic heterocycles. The Balaban J connectivity index is 0.802. The van der Waals surface area contributed by atoms with Crippen molar-refractivity contribution in [1.82, 2.24) is 0 Å². The zero-order valence-corrected chi connectivity index (χ0v) is 58.1. The molecule has 0 radical (unpaired) electrons. The molecule has 4 aliphatic rings. The van der Waals surface area contributed by atoms with Gasteiger partial charge >= 0.3 is 0 Å². The summed E-state index contributed by atoms with van der Waals surface area (Å²) in [7, 11) is 4.50. The fourth-order valence-electron chi connectivity index (χ4n) is 17.1. The molecule has 15 rings (SSSR count). The van der Waals surface area contributed by atoms with E-state index in [0.717, 1.165) is 21.8 Å². The van der Waals surface area contributed by atoms with Gasteiger partial charge in [0.1, 0.15) is 14.1 Å². The molecule has 0 bridgehead atoms. The van der Waals surface area contributed by atoms with Crippen LogP contribution in [0.3, 0.4) is 0 Å². The number of nitrogens with zero attached hydrogens (tertiary/aromatic N) is 4. The fourth-order valence-corrected chi connectivity index (χ4v) is 17.8. The molecule has 94 heavy (non-hydrogen) atoms. The van der Waals surface area contributed by atoms with Crippen molar-refractivity contribution in [2.75, 3.05) is 23.9 Å². The minimum Gasteiger partial charge on any atom is -0.339 e. The van der Waals surface area contributed by atoms with Crippen LogP contribution >= 0.6 is 31.9 Å². The van der Waals surface area contributed by atoms with Crippen molar-refractivity contribution in [3.63, 3.8) is 0 Å². The number of halogens is 2. The molecule has 0 aromatic heterocycles. The first-order valence-electron chi connectivity index (χ1n) is 33.1. The summed E-state index contributed by atoms with van der Waals surface area (Å²) in [5, 5.41) is 10.1. The Morgan fingerprint density at radius 2 is 0.745 bits per heavy atom. The average Bonchev–Trinajstić information content (AvgIpc) is 1.59. The highest BCUT2D eigenvalue weighted by Gasteiger charge is 2.50. The minimum atomic E-state index is -0.424. The molecule has 0 aliphatic carbocycles.